The number of nitrogens with zero attached hydrogens (tertiary/aromatic N) is 2. The molecule has 5 heteroatoms. The third-order valence-electron chi connectivity index (χ3n) is 3.89. The molecule has 3 nitrogen and oxygen atoms in total. The summed E-state index contributed by atoms with van der Waals surface area (Å²) in [5.74, 6) is -1.27. The second-order valence-corrected chi connectivity index (χ2v) is 5.18. The van der Waals surface area contributed by atoms with E-state index < -0.39 is 17.2 Å². The predicted octanol–water partition coefficient (Wildman–Crippen LogP) is 2.61. The highest BCUT2D eigenvalue weighted by Crippen LogP contribution is 2.36. The first-order valence-electron chi connectivity index (χ1n) is 6.45. The summed E-state index contributed by atoms with van der Waals surface area (Å²) in [4.78, 5) is 6.10. The summed E-state index contributed by atoms with van der Waals surface area (Å²) in [6.45, 7) is 6.21. The predicted molar refractivity (Wildman–Crippen MR) is 71.8 cm³/mol. The van der Waals surface area contributed by atoms with Crippen molar-refractivity contribution in [3.05, 3.63) is 35.4 Å². The Balaban J connectivity index is 2.50. The van der Waals surface area contributed by atoms with E-state index in [9.17, 15) is 8.78 Å². The number of halogens is 2. The van der Waals surface area contributed by atoms with E-state index in [1.807, 2.05) is 25.7 Å². The van der Waals surface area contributed by atoms with Gasteiger partial charge in [-0.05, 0) is 26.3 Å². The van der Waals surface area contributed by atoms with Crippen LogP contribution in [0.15, 0.2) is 23.2 Å². The summed E-state index contributed by atoms with van der Waals surface area (Å²) >= 11 is 0. The van der Waals surface area contributed by atoms with Crippen molar-refractivity contribution in [1.29, 1.82) is 0 Å². The Morgan fingerprint density at radius 3 is 2.79 bits per heavy atom. The molecular weight excluding hydrogens is 248 g/mol. The van der Waals surface area contributed by atoms with Crippen LogP contribution in [-0.4, -0.2) is 23.4 Å². The molecule has 1 aromatic rings. The van der Waals surface area contributed by atoms with E-state index in [4.69, 9.17) is 5.73 Å². The normalized spacial score (nSPS) is 24.5. The summed E-state index contributed by atoms with van der Waals surface area (Å²) in [5.41, 5.74) is 5.49. The molecule has 1 aromatic carbocycles. The minimum atomic E-state index is -0.840. The summed E-state index contributed by atoms with van der Waals surface area (Å²) in [5, 5.41) is 0. The Morgan fingerprint density at radius 1 is 1.47 bits per heavy atom. The Bertz CT molecular complexity index is 515. The fourth-order valence-corrected chi connectivity index (χ4v) is 2.67. The van der Waals surface area contributed by atoms with E-state index in [-0.39, 0.29) is 6.04 Å². The highest BCUT2D eigenvalue weighted by Gasteiger charge is 2.43. The minimum absolute atomic E-state index is 0.110. The van der Waals surface area contributed by atoms with Gasteiger partial charge in [-0.25, -0.2) is 8.78 Å². The number of hydrogen-bond donors (Lipinski definition) is 1. The van der Waals surface area contributed by atoms with Gasteiger partial charge < -0.3 is 10.6 Å². The molecule has 19 heavy (non-hydrogen) atoms. The van der Waals surface area contributed by atoms with E-state index in [2.05, 4.69) is 4.99 Å². The monoisotopic (exact) mass is 267 g/mol. The van der Waals surface area contributed by atoms with Crippen LogP contribution in [0.2, 0.25) is 0 Å². The first-order valence-corrected chi connectivity index (χ1v) is 6.45. The molecule has 1 aliphatic rings. The molecule has 0 bridgehead atoms. The van der Waals surface area contributed by atoms with Gasteiger partial charge in [-0.15, -0.1) is 0 Å². The number of hydrogen-bond acceptors (Lipinski definition) is 3. The van der Waals surface area contributed by atoms with Crippen LogP contribution in [0.5, 0.6) is 0 Å². The third kappa shape index (κ3) is 2.07. The van der Waals surface area contributed by atoms with E-state index >= 15 is 0 Å². The van der Waals surface area contributed by atoms with Gasteiger partial charge in [0.25, 0.3) is 0 Å². The average molecular weight is 267 g/mol. The lowest BCUT2D eigenvalue weighted by atomic mass is 9.89. The molecule has 0 radical (unpaired) electrons. The highest BCUT2D eigenvalue weighted by atomic mass is 19.2. The zero-order chi connectivity index (χ0) is 14.2. The van der Waals surface area contributed by atoms with Crippen LogP contribution in [0.1, 0.15) is 32.8 Å². The maximum Gasteiger partial charge on any atom is 0.192 e. The lowest BCUT2D eigenvalue weighted by Crippen LogP contribution is -2.52. The summed E-state index contributed by atoms with van der Waals surface area (Å²) in [6.07, 6.45) is 0.850. The van der Waals surface area contributed by atoms with Crippen LogP contribution in [0, 0.1) is 11.6 Å². The molecule has 0 amide bonds. The molecule has 2 atom stereocenters. The molecule has 0 saturated heterocycles. The van der Waals surface area contributed by atoms with Crippen LogP contribution in [0.25, 0.3) is 0 Å². The first kappa shape index (κ1) is 13.8. The highest BCUT2D eigenvalue weighted by molar-refractivity contribution is 5.81. The molecule has 104 valence electrons. The molecule has 2 N–H and O–H groups in total. The van der Waals surface area contributed by atoms with E-state index in [1.54, 1.807) is 6.07 Å². The third-order valence-corrected chi connectivity index (χ3v) is 3.89. The van der Waals surface area contributed by atoms with Gasteiger partial charge >= 0.3 is 0 Å². The second kappa shape index (κ2) is 4.79. The second-order valence-electron chi connectivity index (χ2n) is 5.18. The SMILES string of the molecule is CCC(C)N1C(N)=NCC1(C)c1cccc(F)c1F. The number of benzene rings is 1. The number of rotatable bonds is 3. The molecule has 2 rings (SSSR count). The number of guanidine groups is 1. The summed E-state index contributed by atoms with van der Waals surface area (Å²) < 4.78 is 27.5. The van der Waals surface area contributed by atoms with Crippen molar-refractivity contribution >= 4 is 5.96 Å². The molecular formula is C14H19F2N3. The Kier molecular flexibility index (Phi) is 3.47. The van der Waals surface area contributed by atoms with Gasteiger partial charge in [-0.1, -0.05) is 19.1 Å². The topological polar surface area (TPSA) is 41.6 Å². The van der Waals surface area contributed by atoms with Gasteiger partial charge in [0.1, 0.15) is 0 Å². The molecule has 0 spiro atoms. The number of aliphatic imine (C=N–C) groups is 1. The first-order chi connectivity index (χ1) is 8.91. The van der Waals surface area contributed by atoms with Crippen molar-refractivity contribution in [2.45, 2.75) is 38.8 Å². The van der Waals surface area contributed by atoms with Crippen molar-refractivity contribution in [3.63, 3.8) is 0 Å². The lowest BCUT2D eigenvalue weighted by Gasteiger charge is -2.40. The quantitative estimate of drug-likeness (QED) is 0.914. The Labute approximate surface area is 112 Å². The molecule has 1 aliphatic heterocycles. The largest absolute Gasteiger partial charge is 0.370 e. The van der Waals surface area contributed by atoms with Gasteiger partial charge in [0.15, 0.2) is 17.6 Å². The molecule has 0 fully saturated rings. The van der Waals surface area contributed by atoms with Crippen LogP contribution >= 0.6 is 0 Å². The lowest BCUT2D eigenvalue weighted by molar-refractivity contribution is 0.165. The average Bonchev–Trinajstić information content (AvgIpc) is 2.69. The van der Waals surface area contributed by atoms with Crippen molar-refractivity contribution in [2.24, 2.45) is 10.7 Å². The molecule has 2 unspecified atom stereocenters. The van der Waals surface area contributed by atoms with Crippen molar-refractivity contribution in [1.82, 2.24) is 4.90 Å². The van der Waals surface area contributed by atoms with Gasteiger partial charge in [-0.3, -0.25) is 4.99 Å². The zero-order valence-electron chi connectivity index (χ0n) is 11.5. The summed E-state index contributed by atoms with van der Waals surface area (Å²) in [7, 11) is 0. The van der Waals surface area contributed by atoms with E-state index in [1.165, 1.54) is 6.07 Å². The fraction of sp³-hybridized carbons (Fsp3) is 0.500. The van der Waals surface area contributed by atoms with Gasteiger partial charge in [0.05, 0.1) is 12.1 Å². The molecule has 1 heterocycles. The standard InChI is InChI=1S/C14H19F2N3/c1-4-9(2)19-13(17)18-8-14(19,3)10-6-5-7-11(15)12(10)16/h5-7,9H,4,8H2,1-3H3,(H2,17,18). The maximum atomic E-state index is 14.1. The summed E-state index contributed by atoms with van der Waals surface area (Å²) in [6, 6.07) is 4.35. The van der Waals surface area contributed by atoms with Gasteiger partial charge in [0, 0.05) is 11.6 Å². The van der Waals surface area contributed by atoms with Gasteiger partial charge in [-0.2, -0.15) is 0 Å². The van der Waals surface area contributed by atoms with Crippen LogP contribution in [0.3, 0.4) is 0 Å². The Morgan fingerprint density at radius 2 is 2.16 bits per heavy atom. The van der Waals surface area contributed by atoms with Crippen molar-refractivity contribution in [3.8, 4) is 0 Å². The van der Waals surface area contributed by atoms with Crippen LogP contribution in [0.4, 0.5) is 8.78 Å². The minimum Gasteiger partial charge on any atom is -0.370 e. The Hall–Kier alpha value is -1.65. The molecule has 0 saturated carbocycles. The number of nitrogens with two attached hydrogens (primary N) is 1. The van der Waals surface area contributed by atoms with Crippen molar-refractivity contribution < 1.29 is 8.78 Å². The maximum absolute atomic E-state index is 14.1. The van der Waals surface area contributed by atoms with Gasteiger partial charge in [0.2, 0.25) is 0 Å². The van der Waals surface area contributed by atoms with Crippen molar-refractivity contribution in [2.75, 3.05) is 6.54 Å². The molecule has 0 aromatic heterocycles. The van der Waals surface area contributed by atoms with Crippen LogP contribution in [-0.2, 0) is 5.54 Å². The smallest absolute Gasteiger partial charge is 0.192 e. The van der Waals surface area contributed by atoms with E-state index in [0.717, 1.165) is 12.5 Å². The zero-order valence-corrected chi connectivity index (χ0v) is 11.5. The van der Waals surface area contributed by atoms with E-state index in [0.29, 0.717) is 18.1 Å². The van der Waals surface area contributed by atoms with Crippen LogP contribution < -0.4 is 5.73 Å². The fourth-order valence-electron chi connectivity index (χ4n) is 2.67. The molecule has 0 aliphatic carbocycles.